The number of aromatic nitrogens is 2. The lowest BCUT2D eigenvalue weighted by Gasteiger charge is -2.22. The van der Waals surface area contributed by atoms with Crippen molar-refractivity contribution in [2.75, 3.05) is 17.3 Å². The summed E-state index contributed by atoms with van der Waals surface area (Å²) in [5, 5.41) is 2.85. The van der Waals surface area contributed by atoms with Crippen LogP contribution in [0, 0.1) is 0 Å². The van der Waals surface area contributed by atoms with Gasteiger partial charge in [-0.05, 0) is 55.3 Å². The summed E-state index contributed by atoms with van der Waals surface area (Å²) in [6, 6.07) is 17.2. The molecule has 1 aliphatic heterocycles. The third-order valence-electron chi connectivity index (χ3n) is 4.65. The second-order valence-electron chi connectivity index (χ2n) is 6.48. The predicted octanol–water partition coefficient (Wildman–Crippen LogP) is 3.82. The van der Waals surface area contributed by atoms with Gasteiger partial charge in [-0.1, -0.05) is 18.2 Å². The van der Waals surface area contributed by atoms with E-state index in [-0.39, 0.29) is 11.9 Å². The van der Waals surface area contributed by atoms with Gasteiger partial charge in [0.25, 0.3) is 5.91 Å². The highest BCUT2D eigenvalue weighted by molar-refractivity contribution is 6.03. The topological polar surface area (TPSA) is 67.3 Å². The second-order valence-corrected chi connectivity index (χ2v) is 6.48. The molecule has 1 aromatic heterocycles. The standard InChI is InChI=1S/C21H20N4O2/c1-14-13-15-5-3-4-6-19(15)25(14)21-22-12-11-18(24-21)20(26)23-16-7-9-17(27-2)10-8-16/h3-12,14H,13H2,1-2H3,(H,23,26). The van der Waals surface area contributed by atoms with Gasteiger partial charge in [0, 0.05) is 23.6 Å². The van der Waals surface area contributed by atoms with E-state index in [1.807, 2.05) is 12.1 Å². The Kier molecular flexibility index (Phi) is 4.46. The number of methoxy groups -OCH3 is 1. The number of hydrogen-bond acceptors (Lipinski definition) is 5. The van der Waals surface area contributed by atoms with Gasteiger partial charge >= 0.3 is 0 Å². The van der Waals surface area contributed by atoms with Crippen molar-refractivity contribution in [3.63, 3.8) is 0 Å². The maximum atomic E-state index is 12.6. The number of nitrogens with one attached hydrogen (secondary N) is 1. The molecule has 4 rings (SSSR count). The van der Waals surface area contributed by atoms with Crippen molar-refractivity contribution in [1.82, 2.24) is 9.97 Å². The summed E-state index contributed by atoms with van der Waals surface area (Å²) in [4.78, 5) is 23.6. The molecule has 0 saturated carbocycles. The third-order valence-corrected chi connectivity index (χ3v) is 4.65. The molecule has 0 radical (unpaired) electrons. The highest BCUT2D eigenvalue weighted by Crippen LogP contribution is 2.36. The molecule has 0 aliphatic carbocycles. The lowest BCUT2D eigenvalue weighted by Crippen LogP contribution is -2.26. The molecule has 1 N–H and O–H groups in total. The number of amides is 1. The molecule has 136 valence electrons. The average Bonchev–Trinajstić information content (AvgIpc) is 3.04. The van der Waals surface area contributed by atoms with E-state index in [0.29, 0.717) is 17.3 Å². The Bertz CT molecular complexity index is 972. The molecular weight excluding hydrogens is 340 g/mol. The van der Waals surface area contributed by atoms with Crippen LogP contribution in [0.3, 0.4) is 0 Å². The van der Waals surface area contributed by atoms with Gasteiger partial charge in [-0.25, -0.2) is 9.97 Å². The maximum absolute atomic E-state index is 12.6. The molecule has 6 heteroatoms. The second kappa shape index (κ2) is 7.07. The Balaban J connectivity index is 1.58. The summed E-state index contributed by atoms with van der Waals surface area (Å²) in [6.45, 7) is 2.13. The number of fused-ring (bicyclic) bond motifs is 1. The van der Waals surface area contributed by atoms with Crippen molar-refractivity contribution in [2.24, 2.45) is 0 Å². The number of carbonyl (C=O) groups excluding carboxylic acids is 1. The molecule has 1 unspecified atom stereocenters. The van der Waals surface area contributed by atoms with Crippen molar-refractivity contribution in [1.29, 1.82) is 0 Å². The molecule has 1 atom stereocenters. The van der Waals surface area contributed by atoms with E-state index in [1.54, 1.807) is 43.6 Å². The first-order valence-corrected chi connectivity index (χ1v) is 8.81. The van der Waals surface area contributed by atoms with Crippen molar-refractivity contribution in [3.8, 4) is 5.75 Å². The van der Waals surface area contributed by atoms with Crippen LogP contribution in [0.5, 0.6) is 5.75 Å². The van der Waals surface area contributed by atoms with Gasteiger partial charge < -0.3 is 15.0 Å². The van der Waals surface area contributed by atoms with E-state index >= 15 is 0 Å². The zero-order chi connectivity index (χ0) is 18.8. The molecule has 2 heterocycles. The molecule has 2 aromatic carbocycles. The number of para-hydroxylation sites is 1. The Morgan fingerprint density at radius 2 is 1.93 bits per heavy atom. The summed E-state index contributed by atoms with van der Waals surface area (Å²) in [6.07, 6.45) is 2.56. The number of ether oxygens (including phenoxy) is 1. The Morgan fingerprint density at radius 1 is 1.15 bits per heavy atom. The van der Waals surface area contributed by atoms with E-state index < -0.39 is 0 Å². The minimum absolute atomic E-state index is 0.238. The SMILES string of the molecule is COc1ccc(NC(=O)c2ccnc(N3c4ccccc4CC3C)n2)cc1. The summed E-state index contributed by atoms with van der Waals surface area (Å²) in [5.74, 6) is 0.998. The molecule has 0 fully saturated rings. The van der Waals surface area contributed by atoms with Gasteiger partial charge in [-0.3, -0.25) is 4.79 Å². The molecule has 0 bridgehead atoms. The van der Waals surface area contributed by atoms with Crippen LogP contribution in [0.4, 0.5) is 17.3 Å². The lowest BCUT2D eigenvalue weighted by atomic mass is 10.1. The van der Waals surface area contributed by atoms with E-state index in [2.05, 4.69) is 39.2 Å². The molecule has 6 nitrogen and oxygen atoms in total. The highest BCUT2D eigenvalue weighted by atomic mass is 16.5. The summed E-state index contributed by atoms with van der Waals surface area (Å²) in [5.41, 5.74) is 3.37. The average molecular weight is 360 g/mol. The quantitative estimate of drug-likeness (QED) is 0.766. The smallest absolute Gasteiger partial charge is 0.274 e. The fourth-order valence-electron chi connectivity index (χ4n) is 3.33. The third kappa shape index (κ3) is 3.33. The van der Waals surface area contributed by atoms with Crippen molar-refractivity contribution < 1.29 is 9.53 Å². The van der Waals surface area contributed by atoms with Gasteiger partial charge in [-0.15, -0.1) is 0 Å². The van der Waals surface area contributed by atoms with Crippen LogP contribution in [0.25, 0.3) is 0 Å². The number of anilines is 3. The molecule has 0 saturated heterocycles. The van der Waals surface area contributed by atoms with Gasteiger partial charge in [-0.2, -0.15) is 0 Å². The monoisotopic (exact) mass is 360 g/mol. The first-order chi connectivity index (χ1) is 13.2. The minimum atomic E-state index is -0.274. The number of hydrogen-bond donors (Lipinski definition) is 1. The molecule has 27 heavy (non-hydrogen) atoms. The number of nitrogens with zero attached hydrogens (tertiary/aromatic N) is 3. The van der Waals surface area contributed by atoms with Gasteiger partial charge in [0.05, 0.1) is 7.11 Å². The van der Waals surface area contributed by atoms with Gasteiger partial charge in [0.15, 0.2) is 0 Å². The largest absolute Gasteiger partial charge is 0.497 e. The van der Waals surface area contributed by atoms with Crippen LogP contribution in [-0.4, -0.2) is 29.0 Å². The van der Waals surface area contributed by atoms with Crippen molar-refractivity contribution >= 4 is 23.2 Å². The van der Waals surface area contributed by atoms with Crippen LogP contribution in [0.1, 0.15) is 23.0 Å². The zero-order valence-corrected chi connectivity index (χ0v) is 15.2. The van der Waals surface area contributed by atoms with Crippen molar-refractivity contribution in [2.45, 2.75) is 19.4 Å². The highest BCUT2D eigenvalue weighted by Gasteiger charge is 2.29. The molecule has 1 amide bonds. The van der Waals surface area contributed by atoms with Gasteiger partial charge in [0.2, 0.25) is 5.95 Å². The van der Waals surface area contributed by atoms with Crippen LogP contribution in [-0.2, 0) is 6.42 Å². The summed E-state index contributed by atoms with van der Waals surface area (Å²) < 4.78 is 5.13. The Morgan fingerprint density at radius 3 is 2.70 bits per heavy atom. The first-order valence-electron chi connectivity index (χ1n) is 8.81. The van der Waals surface area contributed by atoms with E-state index in [4.69, 9.17) is 4.74 Å². The Labute approximate surface area is 157 Å². The van der Waals surface area contributed by atoms with E-state index in [0.717, 1.165) is 17.9 Å². The van der Waals surface area contributed by atoms with Crippen LogP contribution in [0.15, 0.2) is 60.8 Å². The normalized spacial score (nSPS) is 15.3. The number of carbonyl (C=O) groups is 1. The Hall–Kier alpha value is -3.41. The summed E-state index contributed by atoms with van der Waals surface area (Å²) >= 11 is 0. The van der Waals surface area contributed by atoms with Crippen LogP contribution >= 0.6 is 0 Å². The van der Waals surface area contributed by atoms with Crippen molar-refractivity contribution in [3.05, 3.63) is 72.1 Å². The zero-order valence-electron chi connectivity index (χ0n) is 15.2. The van der Waals surface area contributed by atoms with Crippen LogP contribution < -0.4 is 15.0 Å². The van der Waals surface area contributed by atoms with E-state index in [9.17, 15) is 4.79 Å². The molecule has 3 aromatic rings. The van der Waals surface area contributed by atoms with Gasteiger partial charge in [0.1, 0.15) is 11.4 Å². The number of rotatable bonds is 4. The fraction of sp³-hybridized carbons (Fsp3) is 0.190. The fourth-order valence-corrected chi connectivity index (χ4v) is 3.33. The van der Waals surface area contributed by atoms with Crippen LogP contribution in [0.2, 0.25) is 0 Å². The minimum Gasteiger partial charge on any atom is -0.497 e. The predicted molar refractivity (Wildman–Crippen MR) is 105 cm³/mol. The molecular formula is C21H20N4O2. The molecule has 0 spiro atoms. The summed E-state index contributed by atoms with van der Waals surface area (Å²) in [7, 11) is 1.60. The number of benzene rings is 2. The maximum Gasteiger partial charge on any atom is 0.274 e. The molecule has 1 aliphatic rings. The first kappa shape index (κ1) is 17.0. The van der Waals surface area contributed by atoms with E-state index in [1.165, 1.54) is 5.56 Å². The lowest BCUT2D eigenvalue weighted by molar-refractivity contribution is 0.102.